The van der Waals surface area contributed by atoms with Crippen molar-refractivity contribution in [2.45, 2.75) is 30.4 Å². The lowest BCUT2D eigenvalue weighted by Gasteiger charge is -2.26. The third-order valence-electron chi connectivity index (χ3n) is 6.12. The number of ketones is 1. The number of carbonyl (C=O) groups is 2. The molecule has 2 heterocycles. The standard InChI is InChI=1S/C26H24N2O2S/c29-24(20-12-6-2-7-13-20)16-22-23-18-31-25(21-14-8-3-9-15-21)28(23)26(30)27(22)17-19-10-4-1-5-11-19/h1-15,22-23,25H,16-18H2/t22-,23+,25-/m0/s1. The summed E-state index contributed by atoms with van der Waals surface area (Å²) in [7, 11) is 0. The Morgan fingerprint density at radius 3 is 2.16 bits per heavy atom. The zero-order valence-electron chi connectivity index (χ0n) is 17.1. The van der Waals surface area contributed by atoms with E-state index in [1.807, 2.05) is 88.7 Å². The third-order valence-corrected chi connectivity index (χ3v) is 7.47. The summed E-state index contributed by atoms with van der Waals surface area (Å²) >= 11 is 1.79. The number of hydrogen-bond donors (Lipinski definition) is 0. The van der Waals surface area contributed by atoms with E-state index >= 15 is 0 Å². The molecule has 5 heteroatoms. The average Bonchev–Trinajstić information content (AvgIpc) is 3.36. The number of benzene rings is 3. The molecule has 0 saturated carbocycles. The van der Waals surface area contributed by atoms with Crippen molar-refractivity contribution >= 4 is 23.6 Å². The van der Waals surface area contributed by atoms with Gasteiger partial charge in [0.05, 0.1) is 12.1 Å². The molecule has 3 atom stereocenters. The first-order valence-electron chi connectivity index (χ1n) is 10.6. The Morgan fingerprint density at radius 2 is 1.48 bits per heavy atom. The van der Waals surface area contributed by atoms with Crippen molar-refractivity contribution in [2.24, 2.45) is 0 Å². The number of thioether (sulfide) groups is 1. The van der Waals surface area contributed by atoms with Crippen molar-refractivity contribution in [3.8, 4) is 0 Å². The molecule has 0 unspecified atom stereocenters. The highest BCUT2D eigenvalue weighted by molar-refractivity contribution is 7.99. The SMILES string of the molecule is O=C(C[C@H]1[C@H]2CS[C@@H](c3ccccc3)N2C(=O)N1Cc1ccccc1)c1ccccc1. The van der Waals surface area contributed by atoms with Crippen molar-refractivity contribution < 1.29 is 9.59 Å². The van der Waals surface area contributed by atoms with E-state index in [-0.39, 0.29) is 29.3 Å². The van der Waals surface area contributed by atoms with Gasteiger partial charge >= 0.3 is 6.03 Å². The predicted molar refractivity (Wildman–Crippen MR) is 124 cm³/mol. The number of fused-ring (bicyclic) bond motifs is 1. The summed E-state index contributed by atoms with van der Waals surface area (Å²) in [6.45, 7) is 0.519. The molecule has 156 valence electrons. The monoisotopic (exact) mass is 428 g/mol. The van der Waals surface area contributed by atoms with E-state index in [0.29, 0.717) is 18.5 Å². The van der Waals surface area contributed by atoms with Crippen LogP contribution in [0.1, 0.15) is 33.3 Å². The molecule has 31 heavy (non-hydrogen) atoms. The van der Waals surface area contributed by atoms with Gasteiger partial charge in [-0.3, -0.25) is 4.79 Å². The van der Waals surface area contributed by atoms with Gasteiger partial charge in [-0.05, 0) is 11.1 Å². The summed E-state index contributed by atoms with van der Waals surface area (Å²) in [6, 6.07) is 29.5. The number of nitrogens with zero attached hydrogens (tertiary/aromatic N) is 2. The van der Waals surface area contributed by atoms with E-state index in [2.05, 4.69) is 12.1 Å². The lowest BCUT2D eigenvalue weighted by molar-refractivity contribution is 0.0941. The summed E-state index contributed by atoms with van der Waals surface area (Å²) in [4.78, 5) is 30.6. The van der Waals surface area contributed by atoms with Crippen molar-refractivity contribution in [3.63, 3.8) is 0 Å². The van der Waals surface area contributed by atoms with Crippen molar-refractivity contribution in [1.82, 2.24) is 9.80 Å². The zero-order chi connectivity index (χ0) is 21.2. The Kier molecular flexibility index (Phi) is 5.51. The van der Waals surface area contributed by atoms with Gasteiger partial charge in [-0.25, -0.2) is 4.79 Å². The highest BCUT2D eigenvalue weighted by Gasteiger charge is 2.52. The fourth-order valence-corrected chi connectivity index (χ4v) is 6.10. The van der Waals surface area contributed by atoms with Gasteiger partial charge in [-0.15, -0.1) is 11.8 Å². The summed E-state index contributed by atoms with van der Waals surface area (Å²) in [5.41, 5.74) is 2.93. The molecule has 2 aliphatic heterocycles. The fraction of sp³-hybridized carbons (Fsp3) is 0.231. The summed E-state index contributed by atoms with van der Waals surface area (Å²) in [5, 5.41) is -0.00574. The Labute approximate surface area is 186 Å². The van der Waals surface area contributed by atoms with E-state index < -0.39 is 0 Å². The lowest BCUT2D eigenvalue weighted by Crippen LogP contribution is -2.38. The van der Waals surface area contributed by atoms with Gasteiger partial charge in [-0.1, -0.05) is 91.0 Å². The smallest absolute Gasteiger partial charge is 0.315 e. The number of Topliss-reactive ketones (excluding diaryl/α,β-unsaturated/α-hetero) is 1. The molecule has 2 fully saturated rings. The van der Waals surface area contributed by atoms with Crippen molar-refractivity contribution in [1.29, 1.82) is 0 Å². The largest absolute Gasteiger partial charge is 0.322 e. The Bertz CT molecular complexity index is 1060. The number of carbonyl (C=O) groups excluding carboxylic acids is 2. The van der Waals surface area contributed by atoms with Crippen LogP contribution < -0.4 is 0 Å². The highest BCUT2D eigenvalue weighted by Crippen LogP contribution is 2.47. The first kappa shape index (κ1) is 19.9. The molecule has 2 aliphatic rings. The van der Waals surface area contributed by atoms with Crippen LogP contribution in [0.5, 0.6) is 0 Å². The topological polar surface area (TPSA) is 40.6 Å². The quantitative estimate of drug-likeness (QED) is 0.495. The molecule has 0 N–H and O–H groups in total. The molecule has 0 aliphatic carbocycles. The molecule has 0 spiro atoms. The molecule has 5 rings (SSSR count). The van der Waals surface area contributed by atoms with Gasteiger partial charge in [0, 0.05) is 24.3 Å². The van der Waals surface area contributed by atoms with Crippen LogP contribution in [0.25, 0.3) is 0 Å². The normalized spacial score (nSPS) is 22.6. The number of urea groups is 1. The minimum absolute atomic E-state index is 0.00574. The second-order valence-electron chi connectivity index (χ2n) is 8.03. The van der Waals surface area contributed by atoms with Crippen LogP contribution in [0.3, 0.4) is 0 Å². The molecule has 4 nitrogen and oxygen atoms in total. The van der Waals surface area contributed by atoms with Crippen LogP contribution in [0.2, 0.25) is 0 Å². The third kappa shape index (κ3) is 3.86. The van der Waals surface area contributed by atoms with Gasteiger partial charge in [0.2, 0.25) is 0 Å². The summed E-state index contributed by atoms with van der Waals surface area (Å²) in [5.74, 6) is 0.926. The minimum Gasteiger partial charge on any atom is -0.315 e. The number of rotatable bonds is 6. The van der Waals surface area contributed by atoms with Crippen molar-refractivity contribution in [3.05, 3.63) is 108 Å². The maximum absolute atomic E-state index is 13.6. The second-order valence-corrected chi connectivity index (χ2v) is 9.14. The van der Waals surface area contributed by atoms with Gasteiger partial charge in [-0.2, -0.15) is 0 Å². The fourth-order valence-electron chi connectivity index (χ4n) is 4.58. The van der Waals surface area contributed by atoms with E-state index in [0.717, 1.165) is 16.9 Å². The molecule has 0 bridgehead atoms. The Hall–Kier alpha value is -3.05. The lowest BCUT2D eigenvalue weighted by atomic mass is 9.98. The minimum atomic E-state index is -0.137. The zero-order valence-corrected chi connectivity index (χ0v) is 17.9. The second kappa shape index (κ2) is 8.60. The number of hydrogen-bond acceptors (Lipinski definition) is 3. The first-order valence-corrected chi connectivity index (χ1v) is 11.6. The van der Waals surface area contributed by atoms with Gasteiger partial charge < -0.3 is 9.80 Å². The summed E-state index contributed by atoms with van der Waals surface area (Å²) in [6.07, 6.45) is 0.339. The first-order chi connectivity index (χ1) is 15.2. The van der Waals surface area contributed by atoms with Crippen LogP contribution in [0.15, 0.2) is 91.0 Å². The van der Waals surface area contributed by atoms with Crippen LogP contribution in [0.4, 0.5) is 4.79 Å². The van der Waals surface area contributed by atoms with E-state index in [1.54, 1.807) is 11.8 Å². The van der Waals surface area contributed by atoms with E-state index in [4.69, 9.17) is 0 Å². The van der Waals surface area contributed by atoms with Crippen molar-refractivity contribution in [2.75, 3.05) is 5.75 Å². The Balaban J connectivity index is 1.46. The van der Waals surface area contributed by atoms with Crippen LogP contribution in [0, 0.1) is 0 Å². The van der Waals surface area contributed by atoms with Gasteiger partial charge in [0.25, 0.3) is 0 Å². The molecular weight excluding hydrogens is 404 g/mol. The highest BCUT2D eigenvalue weighted by atomic mass is 32.2. The maximum atomic E-state index is 13.6. The van der Waals surface area contributed by atoms with Gasteiger partial charge in [0.15, 0.2) is 5.78 Å². The van der Waals surface area contributed by atoms with Crippen LogP contribution in [-0.2, 0) is 6.54 Å². The molecule has 0 aromatic heterocycles. The van der Waals surface area contributed by atoms with Crippen LogP contribution >= 0.6 is 11.8 Å². The van der Waals surface area contributed by atoms with Crippen LogP contribution in [-0.4, -0.2) is 39.5 Å². The molecular formula is C26H24N2O2S. The maximum Gasteiger partial charge on any atom is 0.322 e. The number of amides is 2. The average molecular weight is 429 g/mol. The predicted octanol–water partition coefficient (Wildman–Crippen LogP) is 5.38. The van der Waals surface area contributed by atoms with Gasteiger partial charge in [0.1, 0.15) is 5.37 Å². The van der Waals surface area contributed by atoms with E-state index in [9.17, 15) is 9.59 Å². The molecule has 2 saturated heterocycles. The molecule has 0 radical (unpaired) electrons. The van der Waals surface area contributed by atoms with E-state index in [1.165, 1.54) is 0 Å². The molecule has 3 aromatic rings. The molecule has 3 aromatic carbocycles. The Morgan fingerprint density at radius 1 is 0.871 bits per heavy atom. The summed E-state index contributed by atoms with van der Waals surface area (Å²) < 4.78 is 0. The molecule has 2 amide bonds.